The molecule has 0 spiro atoms. The molecule has 20 heavy (non-hydrogen) atoms. The Hall–Kier alpha value is -2.41. The molecule has 0 radical (unpaired) electrons. The fraction of sp³-hybridized carbons (Fsp3) is 0.154. The van der Waals surface area contributed by atoms with Crippen molar-refractivity contribution in [1.29, 1.82) is 0 Å². The smallest absolute Gasteiger partial charge is 0.288 e. The van der Waals surface area contributed by atoms with E-state index < -0.39 is 10.7 Å². The van der Waals surface area contributed by atoms with Gasteiger partial charge >= 0.3 is 5.00 Å². The molecule has 1 aliphatic carbocycles. The lowest BCUT2D eigenvalue weighted by molar-refractivity contribution is -0.380. The van der Waals surface area contributed by atoms with E-state index in [4.69, 9.17) is 0 Å². The maximum Gasteiger partial charge on any atom is 0.325 e. The van der Waals surface area contributed by atoms with Crippen molar-refractivity contribution in [3.8, 4) is 0 Å². The number of aryl methyl sites for hydroxylation is 1. The van der Waals surface area contributed by atoms with Gasteiger partial charge in [0.2, 0.25) is 11.6 Å². The molecule has 2 aromatic heterocycles. The number of aromatic nitrogens is 1. The van der Waals surface area contributed by atoms with Gasteiger partial charge in [-0.15, -0.1) is 0 Å². The lowest BCUT2D eigenvalue weighted by atomic mass is 9.89. The number of carbonyl (C=O) groups is 2. The van der Waals surface area contributed by atoms with E-state index in [1.807, 2.05) is 0 Å². The summed E-state index contributed by atoms with van der Waals surface area (Å²) in [6, 6.07) is 1.15. The van der Waals surface area contributed by atoms with Crippen LogP contribution in [0.3, 0.4) is 0 Å². The normalized spacial score (nSPS) is 13.1. The molecule has 0 atom stereocenters. The molecule has 2 aromatic rings. The molecule has 1 aliphatic rings. The van der Waals surface area contributed by atoms with Crippen LogP contribution in [0.15, 0.2) is 12.3 Å². The van der Waals surface area contributed by atoms with E-state index in [0.717, 1.165) is 23.0 Å². The van der Waals surface area contributed by atoms with Crippen LogP contribution in [0.2, 0.25) is 0 Å². The van der Waals surface area contributed by atoms with Crippen LogP contribution in [0.4, 0.5) is 5.00 Å². The highest BCUT2D eigenvalue weighted by molar-refractivity contribution is 7.17. The van der Waals surface area contributed by atoms with Crippen molar-refractivity contribution in [2.24, 2.45) is 0 Å². The summed E-state index contributed by atoms with van der Waals surface area (Å²) in [6.45, 7) is 3.54. The summed E-state index contributed by atoms with van der Waals surface area (Å²) < 4.78 is 0. The summed E-state index contributed by atoms with van der Waals surface area (Å²) >= 11 is 0.736. The van der Waals surface area contributed by atoms with Crippen molar-refractivity contribution < 1.29 is 14.5 Å². The van der Waals surface area contributed by atoms with Crippen LogP contribution in [0, 0.1) is 24.0 Å². The zero-order valence-electron chi connectivity index (χ0n) is 10.6. The predicted octanol–water partition coefficient (Wildman–Crippen LogP) is 2.44. The number of fused-ring (bicyclic) bond motifs is 2. The predicted molar refractivity (Wildman–Crippen MR) is 71.5 cm³/mol. The highest BCUT2D eigenvalue weighted by Crippen LogP contribution is 2.37. The van der Waals surface area contributed by atoms with Crippen molar-refractivity contribution in [1.82, 2.24) is 4.98 Å². The topological polar surface area (TPSA) is 90.2 Å². The third kappa shape index (κ3) is 1.53. The van der Waals surface area contributed by atoms with Gasteiger partial charge in [0.25, 0.3) is 0 Å². The molecule has 100 valence electrons. The Morgan fingerprint density at radius 1 is 1.25 bits per heavy atom. The lowest BCUT2D eigenvalue weighted by Crippen LogP contribution is -2.22. The van der Waals surface area contributed by atoms with Gasteiger partial charge in [-0.25, -0.2) is 0 Å². The van der Waals surface area contributed by atoms with Crippen molar-refractivity contribution in [3.05, 3.63) is 55.2 Å². The summed E-state index contributed by atoms with van der Waals surface area (Å²) in [4.78, 5) is 39.1. The van der Waals surface area contributed by atoms with E-state index in [9.17, 15) is 19.7 Å². The van der Waals surface area contributed by atoms with E-state index in [2.05, 4.69) is 4.98 Å². The van der Waals surface area contributed by atoms with Crippen molar-refractivity contribution in [3.63, 3.8) is 0 Å². The summed E-state index contributed by atoms with van der Waals surface area (Å²) in [5, 5.41) is 10.6. The zero-order chi connectivity index (χ0) is 14.6. The quantitative estimate of drug-likeness (QED) is 0.506. The second-order valence-corrected chi connectivity index (χ2v) is 5.56. The number of nitro groups is 1. The number of pyridine rings is 1. The fourth-order valence-electron chi connectivity index (χ4n) is 2.19. The van der Waals surface area contributed by atoms with Gasteiger partial charge in [-0.2, -0.15) is 0 Å². The maximum atomic E-state index is 12.5. The Morgan fingerprint density at radius 3 is 2.60 bits per heavy atom. The molecular weight excluding hydrogens is 280 g/mol. The first-order valence-electron chi connectivity index (χ1n) is 5.75. The standard InChI is InChI=1S/C13H8N2O4S/c1-5-4-14-10-9(6(5)2)12(17)13-7(11(10)16)3-8(20-13)15(18)19/h3-4H,1-2H3. The average Bonchev–Trinajstić information content (AvgIpc) is 2.85. The van der Waals surface area contributed by atoms with Gasteiger partial charge in [0.15, 0.2) is 0 Å². The molecule has 0 saturated heterocycles. The van der Waals surface area contributed by atoms with Gasteiger partial charge in [-0.1, -0.05) is 11.3 Å². The number of hydrogen-bond donors (Lipinski definition) is 0. The Labute approximate surface area is 117 Å². The van der Waals surface area contributed by atoms with Gasteiger partial charge in [-0.05, 0) is 25.0 Å². The van der Waals surface area contributed by atoms with Crippen LogP contribution in [0.5, 0.6) is 0 Å². The zero-order valence-corrected chi connectivity index (χ0v) is 11.4. The Morgan fingerprint density at radius 2 is 1.95 bits per heavy atom. The minimum atomic E-state index is -0.597. The number of nitrogens with zero attached hydrogens (tertiary/aromatic N) is 2. The monoisotopic (exact) mass is 288 g/mol. The number of carbonyl (C=O) groups excluding carboxylic acids is 2. The van der Waals surface area contributed by atoms with Crippen molar-refractivity contribution in [2.75, 3.05) is 0 Å². The van der Waals surface area contributed by atoms with Gasteiger partial charge in [0.05, 0.1) is 20.9 Å². The summed E-state index contributed by atoms with van der Waals surface area (Å²) in [5.41, 5.74) is 1.92. The summed E-state index contributed by atoms with van der Waals surface area (Å²) in [7, 11) is 0. The molecule has 0 aliphatic heterocycles. The molecule has 0 N–H and O–H groups in total. The van der Waals surface area contributed by atoms with E-state index in [-0.39, 0.29) is 32.5 Å². The summed E-state index contributed by atoms with van der Waals surface area (Å²) in [5.74, 6) is -0.788. The van der Waals surface area contributed by atoms with Gasteiger partial charge in [-0.3, -0.25) is 24.7 Å². The molecule has 7 heteroatoms. The second kappa shape index (κ2) is 4.04. The van der Waals surface area contributed by atoms with Gasteiger partial charge < -0.3 is 0 Å². The van der Waals surface area contributed by atoms with Crippen LogP contribution >= 0.6 is 11.3 Å². The number of hydrogen-bond acceptors (Lipinski definition) is 6. The third-order valence-electron chi connectivity index (χ3n) is 3.38. The van der Waals surface area contributed by atoms with E-state index in [0.29, 0.717) is 5.56 Å². The minimum Gasteiger partial charge on any atom is -0.288 e. The van der Waals surface area contributed by atoms with Crippen LogP contribution < -0.4 is 0 Å². The molecule has 0 saturated carbocycles. The molecular formula is C13H8N2O4S. The largest absolute Gasteiger partial charge is 0.325 e. The number of thiophene rings is 1. The van der Waals surface area contributed by atoms with Crippen molar-refractivity contribution in [2.45, 2.75) is 13.8 Å². The Balaban J connectivity index is 2.31. The highest BCUT2D eigenvalue weighted by atomic mass is 32.1. The van der Waals surface area contributed by atoms with E-state index >= 15 is 0 Å². The van der Waals surface area contributed by atoms with Gasteiger partial charge in [0.1, 0.15) is 5.69 Å². The van der Waals surface area contributed by atoms with Crippen LogP contribution in [-0.4, -0.2) is 21.5 Å². The number of ketones is 2. The fourth-order valence-corrected chi connectivity index (χ4v) is 3.11. The molecule has 6 nitrogen and oxygen atoms in total. The lowest BCUT2D eigenvalue weighted by Gasteiger charge is -2.16. The van der Waals surface area contributed by atoms with Crippen LogP contribution in [0.25, 0.3) is 0 Å². The average molecular weight is 288 g/mol. The number of rotatable bonds is 1. The van der Waals surface area contributed by atoms with Crippen LogP contribution in [-0.2, 0) is 0 Å². The molecule has 0 aromatic carbocycles. The molecule has 0 unspecified atom stereocenters. The van der Waals surface area contributed by atoms with E-state index in [1.54, 1.807) is 13.8 Å². The van der Waals surface area contributed by atoms with Gasteiger partial charge in [0, 0.05) is 12.3 Å². The molecule has 2 heterocycles. The van der Waals surface area contributed by atoms with E-state index in [1.165, 1.54) is 6.20 Å². The Bertz CT molecular complexity index is 807. The SMILES string of the molecule is Cc1cnc2c(c1C)C(=O)c1sc([N+](=O)[O-])cc1C2=O. The first kappa shape index (κ1) is 12.6. The third-order valence-corrected chi connectivity index (χ3v) is 4.47. The minimum absolute atomic E-state index is 0.0787. The second-order valence-electron chi connectivity index (χ2n) is 4.53. The maximum absolute atomic E-state index is 12.5. The molecule has 0 fully saturated rings. The van der Waals surface area contributed by atoms with Crippen molar-refractivity contribution >= 4 is 27.9 Å². The molecule has 0 bridgehead atoms. The molecule has 3 rings (SSSR count). The van der Waals surface area contributed by atoms with Crippen LogP contribution in [0.1, 0.15) is 42.4 Å². The first-order chi connectivity index (χ1) is 9.41. The molecule has 0 amide bonds. The Kier molecular flexibility index (Phi) is 2.55. The summed E-state index contributed by atoms with van der Waals surface area (Å²) in [6.07, 6.45) is 1.53. The highest BCUT2D eigenvalue weighted by Gasteiger charge is 2.36. The first-order valence-corrected chi connectivity index (χ1v) is 6.57.